The van der Waals surface area contributed by atoms with E-state index in [0.29, 0.717) is 25.2 Å². The number of aryl methyl sites for hydroxylation is 3. The standard InChI is InChI=1S/C17H23N5O2/c1-12-19-15(8-16(23)20-12)14-4-3-7-22(11-14)17(24)6-5-13-9-18-21(2)10-13/h8-10,14H,3-7,11H2,1-2H3,(H,19,20,23)/t14-/m0/s1. The Kier molecular flexibility index (Phi) is 4.78. The zero-order valence-corrected chi connectivity index (χ0v) is 14.2. The van der Waals surface area contributed by atoms with E-state index in [9.17, 15) is 9.59 Å². The first kappa shape index (κ1) is 16.4. The maximum absolute atomic E-state index is 12.5. The minimum Gasteiger partial charge on any atom is -0.342 e. The maximum atomic E-state index is 12.5. The number of hydrogen-bond acceptors (Lipinski definition) is 4. The molecule has 7 nitrogen and oxygen atoms in total. The number of piperidine rings is 1. The molecule has 128 valence electrons. The number of nitrogens with zero attached hydrogens (tertiary/aromatic N) is 4. The van der Waals surface area contributed by atoms with Gasteiger partial charge in [0.2, 0.25) is 5.91 Å². The maximum Gasteiger partial charge on any atom is 0.251 e. The van der Waals surface area contributed by atoms with E-state index in [0.717, 1.165) is 30.6 Å². The van der Waals surface area contributed by atoms with E-state index in [4.69, 9.17) is 0 Å². The van der Waals surface area contributed by atoms with Crippen molar-refractivity contribution in [1.82, 2.24) is 24.6 Å². The molecular formula is C17H23N5O2. The Morgan fingerprint density at radius 1 is 1.46 bits per heavy atom. The lowest BCUT2D eigenvalue weighted by molar-refractivity contribution is -0.132. The summed E-state index contributed by atoms with van der Waals surface area (Å²) in [5, 5.41) is 4.13. The molecular weight excluding hydrogens is 306 g/mol. The second-order valence-electron chi connectivity index (χ2n) is 6.46. The lowest BCUT2D eigenvalue weighted by Crippen LogP contribution is -2.39. The highest BCUT2D eigenvalue weighted by Crippen LogP contribution is 2.25. The van der Waals surface area contributed by atoms with E-state index in [1.165, 1.54) is 0 Å². The van der Waals surface area contributed by atoms with Gasteiger partial charge in [-0.05, 0) is 31.7 Å². The van der Waals surface area contributed by atoms with Gasteiger partial charge in [-0.15, -0.1) is 0 Å². The predicted molar refractivity (Wildman–Crippen MR) is 89.7 cm³/mol. The Morgan fingerprint density at radius 2 is 2.29 bits per heavy atom. The summed E-state index contributed by atoms with van der Waals surface area (Å²) in [6.45, 7) is 3.21. The molecule has 24 heavy (non-hydrogen) atoms. The molecule has 1 fully saturated rings. The Hall–Kier alpha value is -2.44. The first-order valence-electron chi connectivity index (χ1n) is 8.34. The number of likely N-dealkylation sites (tertiary alicyclic amines) is 1. The van der Waals surface area contributed by atoms with Gasteiger partial charge in [0, 0.05) is 44.7 Å². The van der Waals surface area contributed by atoms with Crippen molar-refractivity contribution in [2.24, 2.45) is 7.05 Å². The van der Waals surface area contributed by atoms with Crippen LogP contribution in [-0.2, 0) is 18.3 Å². The molecule has 0 saturated carbocycles. The zero-order valence-electron chi connectivity index (χ0n) is 14.2. The van der Waals surface area contributed by atoms with Crippen LogP contribution in [0.3, 0.4) is 0 Å². The number of rotatable bonds is 4. The second-order valence-corrected chi connectivity index (χ2v) is 6.46. The fourth-order valence-corrected chi connectivity index (χ4v) is 3.27. The number of H-pyrrole nitrogens is 1. The Morgan fingerprint density at radius 3 is 3.00 bits per heavy atom. The van der Waals surface area contributed by atoms with Crippen LogP contribution in [0.25, 0.3) is 0 Å². The van der Waals surface area contributed by atoms with Crippen LogP contribution < -0.4 is 5.56 Å². The van der Waals surface area contributed by atoms with Gasteiger partial charge in [-0.2, -0.15) is 5.10 Å². The summed E-state index contributed by atoms with van der Waals surface area (Å²) in [7, 11) is 1.87. The van der Waals surface area contributed by atoms with Gasteiger partial charge in [0.1, 0.15) is 5.82 Å². The molecule has 7 heteroatoms. The van der Waals surface area contributed by atoms with Crippen molar-refractivity contribution in [3.8, 4) is 0 Å². The van der Waals surface area contributed by atoms with Gasteiger partial charge >= 0.3 is 0 Å². The molecule has 1 amide bonds. The first-order valence-corrected chi connectivity index (χ1v) is 8.34. The van der Waals surface area contributed by atoms with Gasteiger partial charge in [-0.25, -0.2) is 4.98 Å². The molecule has 0 spiro atoms. The molecule has 1 saturated heterocycles. The summed E-state index contributed by atoms with van der Waals surface area (Å²) in [6, 6.07) is 1.56. The zero-order chi connectivity index (χ0) is 17.1. The van der Waals surface area contributed by atoms with Crippen LogP contribution in [0.1, 0.15) is 42.3 Å². The van der Waals surface area contributed by atoms with E-state index >= 15 is 0 Å². The van der Waals surface area contributed by atoms with Crippen molar-refractivity contribution in [3.05, 3.63) is 45.9 Å². The molecule has 2 aromatic rings. The summed E-state index contributed by atoms with van der Waals surface area (Å²) in [6.07, 6.45) is 6.83. The van der Waals surface area contributed by atoms with Crippen LogP contribution in [0.2, 0.25) is 0 Å². The van der Waals surface area contributed by atoms with Gasteiger partial charge in [0.15, 0.2) is 0 Å². The van der Waals surface area contributed by atoms with Crippen LogP contribution >= 0.6 is 0 Å². The molecule has 0 aliphatic carbocycles. The van der Waals surface area contributed by atoms with E-state index in [1.807, 2.05) is 18.1 Å². The van der Waals surface area contributed by atoms with Crippen LogP contribution in [0.4, 0.5) is 0 Å². The normalized spacial score (nSPS) is 17.9. The van der Waals surface area contributed by atoms with Gasteiger partial charge < -0.3 is 9.88 Å². The van der Waals surface area contributed by atoms with Gasteiger partial charge in [0.05, 0.1) is 11.9 Å². The Bertz CT molecular complexity index is 779. The fraction of sp³-hybridized carbons (Fsp3) is 0.529. The van der Waals surface area contributed by atoms with Gasteiger partial charge in [-0.1, -0.05) is 0 Å². The Labute approximate surface area is 140 Å². The highest BCUT2D eigenvalue weighted by atomic mass is 16.2. The second kappa shape index (κ2) is 6.98. The average molecular weight is 329 g/mol. The lowest BCUT2D eigenvalue weighted by atomic mass is 9.94. The van der Waals surface area contributed by atoms with Crippen molar-refractivity contribution >= 4 is 5.91 Å². The third-order valence-corrected chi connectivity index (χ3v) is 4.46. The molecule has 2 aromatic heterocycles. The van der Waals surface area contributed by atoms with Crippen molar-refractivity contribution in [1.29, 1.82) is 0 Å². The molecule has 0 aromatic carbocycles. The molecule has 3 rings (SSSR count). The van der Waals surface area contributed by atoms with E-state index in [-0.39, 0.29) is 17.4 Å². The number of carbonyl (C=O) groups is 1. The first-order chi connectivity index (χ1) is 11.5. The smallest absolute Gasteiger partial charge is 0.251 e. The van der Waals surface area contributed by atoms with Gasteiger partial charge in [0.25, 0.3) is 5.56 Å². The molecule has 1 aliphatic heterocycles. The lowest BCUT2D eigenvalue weighted by Gasteiger charge is -2.32. The largest absolute Gasteiger partial charge is 0.342 e. The third-order valence-electron chi connectivity index (χ3n) is 4.46. The molecule has 0 bridgehead atoms. The van der Waals surface area contributed by atoms with Gasteiger partial charge in [-0.3, -0.25) is 14.3 Å². The molecule has 0 radical (unpaired) electrons. The number of carbonyl (C=O) groups excluding carboxylic acids is 1. The quantitative estimate of drug-likeness (QED) is 0.912. The minimum atomic E-state index is -0.127. The van der Waals surface area contributed by atoms with Crippen molar-refractivity contribution < 1.29 is 4.79 Å². The number of hydrogen-bond donors (Lipinski definition) is 1. The number of amides is 1. The number of aromatic amines is 1. The molecule has 0 unspecified atom stereocenters. The molecule has 1 atom stereocenters. The summed E-state index contributed by atoms with van der Waals surface area (Å²) < 4.78 is 1.75. The van der Waals surface area contributed by atoms with E-state index in [1.54, 1.807) is 23.9 Å². The van der Waals surface area contributed by atoms with Crippen molar-refractivity contribution in [2.45, 2.75) is 38.5 Å². The molecule has 1 N–H and O–H groups in total. The fourth-order valence-electron chi connectivity index (χ4n) is 3.27. The molecule has 1 aliphatic rings. The van der Waals surface area contributed by atoms with Crippen molar-refractivity contribution in [3.63, 3.8) is 0 Å². The predicted octanol–water partition coefficient (Wildman–Crippen LogP) is 1.15. The highest BCUT2D eigenvalue weighted by molar-refractivity contribution is 5.76. The average Bonchev–Trinajstić information content (AvgIpc) is 2.97. The van der Waals surface area contributed by atoms with Crippen molar-refractivity contribution in [2.75, 3.05) is 13.1 Å². The van der Waals surface area contributed by atoms with E-state index < -0.39 is 0 Å². The molecule has 3 heterocycles. The summed E-state index contributed by atoms with van der Waals surface area (Å²) in [4.78, 5) is 33.2. The van der Waals surface area contributed by atoms with Crippen LogP contribution in [0.5, 0.6) is 0 Å². The number of aromatic nitrogens is 4. The van der Waals surface area contributed by atoms with Crippen LogP contribution in [-0.4, -0.2) is 43.6 Å². The minimum absolute atomic E-state index is 0.127. The Balaban J connectivity index is 1.62. The highest BCUT2D eigenvalue weighted by Gasteiger charge is 2.25. The van der Waals surface area contributed by atoms with Crippen LogP contribution in [0.15, 0.2) is 23.3 Å². The monoisotopic (exact) mass is 329 g/mol. The SMILES string of the molecule is Cc1nc([C@H]2CCCN(C(=O)CCc3cnn(C)c3)C2)cc(=O)[nH]1. The van der Waals surface area contributed by atoms with E-state index in [2.05, 4.69) is 15.1 Å². The van der Waals surface area contributed by atoms with Crippen LogP contribution in [0, 0.1) is 6.92 Å². The number of nitrogens with one attached hydrogen (secondary N) is 1. The third kappa shape index (κ3) is 3.90. The summed E-state index contributed by atoms with van der Waals surface area (Å²) in [5.41, 5.74) is 1.74. The summed E-state index contributed by atoms with van der Waals surface area (Å²) in [5.74, 6) is 0.921. The summed E-state index contributed by atoms with van der Waals surface area (Å²) >= 11 is 0. The topological polar surface area (TPSA) is 83.9 Å².